The van der Waals surface area contributed by atoms with Gasteiger partial charge < -0.3 is 39.1 Å². The number of para-hydroxylation sites is 3. The lowest BCUT2D eigenvalue weighted by atomic mass is 10.1. The van der Waals surface area contributed by atoms with Gasteiger partial charge in [0.2, 0.25) is 28.9 Å². The minimum Gasteiger partial charge on any atom is -0.382 e. The molecule has 4 aromatic carbocycles. The Kier molecular flexibility index (Phi) is 21.0. The Labute approximate surface area is 430 Å². The summed E-state index contributed by atoms with van der Waals surface area (Å²) < 4.78 is 17.4. The second-order valence-electron chi connectivity index (χ2n) is 19.4. The molecular weight excluding hydrogens is 932 g/mol. The number of nitrogens with zero attached hydrogens (tertiary/aromatic N) is 5. The molecule has 72 heavy (non-hydrogen) atoms. The third kappa shape index (κ3) is 18.1. The van der Waals surface area contributed by atoms with Crippen LogP contribution in [0.5, 0.6) is 0 Å². The van der Waals surface area contributed by atoms with Crippen molar-refractivity contribution in [3.05, 3.63) is 127 Å². The first kappa shape index (κ1) is 54.1. The largest absolute Gasteiger partial charge is 0.382 e. The highest BCUT2D eigenvalue weighted by Gasteiger charge is 2.37. The van der Waals surface area contributed by atoms with Crippen LogP contribution in [-0.2, 0) is 44.6 Å². The molecule has 386 valence electrons. The van der Waals surface area contributed by atoms with Gasteiger partial charge in [0.25, 0.3) is 0 Å². The van der Waals surface area contributed by atoms with E-state index in [2.05, 4.69) is 40.5 Å². The molecule has 3 saturated carbocycles. The summed E-state index contributed by atoms with van der Waals surface area (Å²) in [5, 5.41) is 3.15. The highest BCUT2D eigenvalue weighted by Crippen LogP contribution is 2.34. The van der Waals surface area contributed by atoms with E-state index in [0.29, 0.717) is 52.5 Å². The van der Waals surface area contributed by atoms with E-state index in [9.17, 15) is 24.0 Å². The van der Waals surface area contributed by atoms with E-state index in [0.717, 1.165) is 94.8 Å². The number of anilines is 3. The van der Waals surface area contributed by atoms with Crippen LogP contribution in [0.2, 0.25) is 0 Å². The van der Waals surface area contributed by atoms with Gasteiger partial charge in [-0.25, -0.2) is 0 Å². The lowest BCUT2D eigenvalue weighted by Gasteiger charge is -2.36. The molecule has 0 bridgehead atoms. The van der Waals surface area contributed by atoms with Gasteiger partial charge in [-0.2, -0.15) is 0 Å². The van der Waals surface area contributed by atoms with Gasteiger partial charge in [-0.05, 0) is 98.5 Å². The first-order valence-corrected chi connectivity index (χ1v) is 26.2. The van der Waals surface area contributed by atoms with Crippen molar-refractivity contribution in [2.24, 2.45) is 17.8 Å². The normalized spacial score (nSPS) is 20.7. The lowest BCUT2D eigenvalue weighted by molar-refractivity contribution is -0.136. The second kappa shape index (κ2) is 28.0. The second-order valence-corrected chi connectivity index (χ2v) is 19.8. The lowest BCUT2D eigenvalue weighted by Crippen LogP contribution is -2.50. The van der Waals surface area contributed by atoms with Gasteiger partial charge in [0.05, 0.1) is 51.2 Å². The molecule has 3 atom stereocenters. The van der Waals surface area contributed by atoms with Crippen molar-refractivity contribution in [1.29, 1.82) is 0 Å². The number of carbonyl (C=O) groups is 5. The molecule has 14 nitrogen and oxygen atoms in total. The van der Waals surface area contributed by atoms with Gasteiger partial charge in [-0.1, -0.05) is 84.9 Å². The number of halogens is 1. The number of amides is 4. The number of nitrogens with one attached hydrogen (secondary N) is 1. The van der Waals surface area contributed by atoms with Gasteiger partial charge in [0.1, 0.15) is 0 Å². The van der Waals surface area contributed by atoms with Crippen molar-refractivity contribution in [2.75, 3.05) is 100 Å². The summed E-state index contributed by atoms with van der Waals surface area (Å²) >= 11 is 5.04. The van der Waals surface area contributed by atoms with Gasteiger partial charge in [0, 0.05) is 101 Å². The van der Waals surface area contributed by atoms with E-state index in [1.165, 1.54) is 5.56 Å². The highest BCUT2D eigenvalue weighted by molar-refractivity contribution is 6.64. The number of morpholine rings is 3. The van der Waals surface area contributed by atoms with Crippen molar-refractivity contribution in [3.63, 3.8) is 0 Å². The zero-order chi connectivity index (χ0) is 50.7. The van der Waals surface area contributed by atoms with Crippen LogP contribution in [0.4, 0.5) is 17.1 Å². The Morgan fingerprint density at radius 2 is 0.958 bits per heavy atom. The van der Waals surface area contributed by atoms with Gasteiger partial charge in [0.15, 0.2) is 0 Å². The first-order chi connectivity index (χ1) is 35.0. The molecule has 3 aliphatic heterocycles. The zero-order valence-electron chi connectivity index (χ0n) is 42.0. The number of rotatable bonds is 15. The zero-order valence-corrected chi connectivity index (χ0v) is 42.8. The van der Waals surface area contributed by atoms with Crippen LogP contribution in [0.3, 0.4) is 0 Å². The maximum absolute atomic E-state index is 12.8. The fourth-order valence-electron chi connectivity index (χ4n) is 8.74. The van der Waals surface area contributed by atoms with E-state index < -0.39 is 0 Å². The van der Waals surface area contributed by atoms with E-state index in [1.807, 2.05) is 106 Å². The summed E-state index contributed by atoms with van der Waals surface area (Å²) in [7, 11) is 0. The molecule has 3 unspecified atom stereocenters. The topological polar surface area (TPSA) is 141 Å². The van der Waals surface area contributed by atoms with Gasteiger partial charge >= 0.3 is 0 Å². The molecule has 4 amide bonds. The summed E-state index contributed by atoms with van der Waals surface area (Å²) in [6.45, 7) is 12.4. The number of carbonyl (C=O) groups excluding carboxylic acids is 5. The van der Waals surface area contributed by atoms with Crippen LogP contribution in [0.1, 0.15) is 57.9 Å². The van der Waals surface area contributed by atoms with Crippen LogP contribution in [0.15, 0.2) is 121 Å². The van der Waals surface area contributed by atoms with E-state index in [1.54, 1.807) is 18.7 Å². The molecule has 15 heteroatoms. The third-order valence-corrected chi connectivity index (χ3v) is 13.8. The van der Waals surface area contributed by atoms with E-state index in [-0.39, 0.29) is 64.9 Å². The predicted octanol–water partition coefficient (Wildman–Crippen LogP) is 7.56. The molecule has 3 saturated heterocycles. The molecule has 0 spiro atoms. The smallest absolute Gasteiger partial charge is 0.230 e. The summed E-state index contributed by atoms with van der Waals surface area (Å²) in [5.74, 6) is 1.22. The Bertz CT molecular complexity index is 2300. The SMILES string of the molecule is CC(=O)N1CCOC(CN(C(=O)C2CC2)c2ccccc2)C1.CC(=O)N1CCOC(CNc2ccccc2)C1.O=C(C1CC1)N(CC1CN(CCc2ccccc2)CCO1)c1ccccc1.O=C(Cl)C1CC1. The molecule has 10 rings (SSSR count). The van der Waals surface area contributed by atoms with E-state index >= 15 is 0 Å². The van der Waals surface area contributed by atoms with Crippen LogP contribution >= 0.6 is 11.6 Å². The Morgan fingerprint density at radius 1 is 0.542 bits per heavy atom. The third-order valence-electron chi connectivity index (χ3n) is 13.5. The Morgan fingerprint density at radius 3 is 1.40 bits per heavy atom. The van der Waals surface area contributed by atoms with Crippen LogP contribution in [0.25, 0.3) is 0 Å². The van der Waals surface area contributed by atoms with Gasteiger partial charge in [-0.15, -0.1) is 0 Å². The minimum absolute atomic E-state index is 0.0630. The first-order valence-electron chi connectivity index (χ1n) is 25.8. The van der Waals surface area contributed by atoms with Crippen LogP contribution < -0.4 is 15.1 Å². The van der Waals surface area contributed by atoms with Crippen molar-refractivity contribution >= 4 is 57.5 Å². The van der Waals surface area contributed by atoms with Crippen LogP contribution in [-0.4, -0.2) is 147 Å². The molecule has 4 aromatic rings. The van der Waals surface area contributed by atoms with Gasteiger partial charge in [-0.3, -0.25) is 28.9 Å². The predicted molar refractivity (Wildman–Crippen MR) is 282 cm³/mol. The fraction of sp³-hybridized carbons (Fsp3) is 0.491. The Hall–Kier alpha value is -5.64. The molecule has 0 aromatic heterocycles. The number of hydrogen-bond acceptors (Lipinski definition) is 10. The van der Waals surface area contributed by atoms with E-state index in [4.69, 9.17) is 25.8 Å². The average molecular weight is 1010 g/mol. The van der Waals surface area contributed by atoms with Crippen molar-refractivity contribution in [1.82, 2.24) is 14.7 Å². The van der Waals surface area contributed by atoms with Crippen molar-refractivity contribution < 1.29 is 38.2 Å². The quantitative estimate of drug-likeness (QED) is 0.119. The molecule has 1 N–H and O–H groups in total. The maximum atomic E-state index is 12.8. The number of benzene rings is 4. The molecule has 0 radical (unpaired) electrons. The van der Waals surface area contributed by atoms with Crippen molar-refractivity contribution in [2.45, 2.75) is 77.1 Å². The fourth-order valence-corrected chi connectivity index (χ4v) is 8.96. The molecule has 3 aliphatic carbocycles. The monoisotopic (exact) mass is 1000 g/mol. The molecular formula is C57H73ClN6O8. The van der Waals surface area contributed by atoms with Crippen molar-refractivity contribution in [3.8, 4) is 0 Å². The maximum Gasteiger partial charge on any atom is 0.230 e. The standard InChI is InChI=1S/C23H28N2O2.C17H22N2O3.C13H18N2O2.C4H5ClO/c26-23(20-11-12-20)25(21-9-5-2-6-10-21)18-22-17-24(15-16-27-22)14-13-19-7-3-1-4-8-19;1-13(20)18-9-10-22-16(11-18)12-19(17(21)14-7-8-14)15-5-3-2-4-6-15;1-11(16)15-7-8-17-13(10-15)9-14-12-5-3-2-4-6-12;5-4(6)3-1-2-3/h1-10,20,22H,11-18H2;2-6,14,16H,7-12H2,1H3;2-6,13-14H,7-10H2,1H3;3H,1-2H2. The summed E-state index contributed by atoms with van der Waals surface area (Å²) in [6, 6.07) is 40.4. The summed E-state index contributed by atoms with van der Waals surface area (Å²) in [6.07, 6.45) is 7.11. The molecule has 6 fully saturated rings. The highest BCUT2D eigenvalue weighted by atomic mass is 35.5. The molecule has 3 heterocycles. The minimum atomic E-state index is -0.157. The average Bonchev–Trinajstić information content (AvgIpc) is 4.24. The van der Waals surface area contributed by atoms with Crippen LogP contribution in [0, 0.1) is 17.8 Å². The Balaban J connectivity index is 0.000000153. The molecule has 6 aliphatic rings. The number of hydrogen-bond donors (Lipinski definition) is 1. The summed E-state index contributed by atoms with van der Waals surface area (Å²) in [5.41, 5.74) is 4.34. The number of ether oxygens (including phenoxy) is 3. The summed E-state index contributed by atoms with van der Waals surface area (Å²) in [4.78, 5) is 68.1.